The highest BCUT2D eigenvalue weighted by Crippen LogP contribution is 2.34. The van der Waals surface area contributed by atoms with Gasteiger partial charge in [0.25, 0.3) is 5.56 Å². The first-order valence-corrected chi connectivity index (χ1v) is 11.7. The van der Waals surface area contributed by atoms with Crippen molar-refractivity contribution >= 4 is 35.0 Å². The highest BCUT2D eigenvalue weighted by Gasteiger charge is 2.34. The van der Waals surface area contributed by atoms with Gasteiger partial charge in [0.1, 0.15) is 18.4 Å². The summed E-state index contributed by atoms with van der Waals surface area (Å²) in [6.45, 7) is 3.82. The van der Waals surface area contributed by atoms with Crippen LogP contribution in [0.3, 0.4) is 0 Å². The number of terminal acetylenes is 1. The SMILES string of the molecule is C#CCOc1cccc(/C=c2\sc3n(c2=O)[C@H](c2ccccc2Cl)C(C(=O)OCC)=C(C)N=3)c1. The number of hydrogen-bond donors (Lipinski definition) is 0. The molecule has 4 rings (SSSR count). The zero-order valence-corrected chi connectivity index (χ0v) is 20.2. The molecule has 0 saturated heterocycles. The lowest BCUT2D eigenvalue weighted by atomic mass is 9.96. The van der Waals surface area contributed by atoms with Gasteiger partial charge >= 0.3 is 5.97 Å². The van der Waals surface area contributed by atoms with E-state index < -0.39 is 12.0 Å². The van der Waals surface area contributed by atoms with E-state index >= 15 is 0 Å². The molecule has 8 heteroatoms. The van der Waals surface area contributed by atoms with Gasteiger partial charge in [0.2, 0.25) is 0 Å². The van der Waals surface area contributed by atoms with Gasteiger partial charge in [-0.3, -0.25) is 9.36 Å². The van der Waals surface area contributed by atoms with E-state index in [1.807, 2.05) is 18.2 Å². The number of nitrogens with zero attached hydrogens (tertiary/aromatic N) is 2. The molecule has 0 amide bonds. The predicted octanol–water partition coefficient (Wildman–Crippen LogP) is 3.46. The number of fused-ring (bicyclic) bond motifs is 1. The normalized spacial score (nSPS) is 15.4. The first-order valence-electron chi connectivity index (χ1n) is 10.5. The van der Waals surface area contributed by atoms with Crippen LogP contribution in [0.5, 0.6) is 5.75 Å². The van der Waals surface area contributed by atoms with E-state index in [9.17, 15) is 9.59 Å². The second kappa shape index (κ2) is 10.1. The minimum atomic E-state index is -0.753. The Bertz CT molecular complexity index is 1510. The third-order valence-electron chi connectivity index (χ3n) is 5.19. The van der Waals surface area contributed by atoms with Crippen LogP contribution in [-0.2, 0) is 9.53 Å². The molecule has 1 aromatic heterocycles. The summed E-state index contributed by atoms with van der Waals surface area (Å²) >= 11 is 7.76. The standard InChI is InChI=1S/C26H21ClN2O4S/c1-4-13-33-18-10-8-9-17(14-18)15-21-24(30)29-23(19-11-6-7-12-20(19)27)22(25(31)32-5-2)16(3)28-26(29)34-21/h1,6-12,14-15,23H,5,13H2,2-3H3/b21-15-/t23-/m1/s1. The Kier molecular flexibility index (Phi) is 7.01. The van der Waals surface area contributed by atoms with Crippen molar-refractivity contribution in [1.82, 2.24) is 4.57 Å². The molecular weight excluding hydrogens is 472 g/mol. The zero-order chi connectivity index (χ0) is 24.2. The van der Waals surface area contributed by atoms with E-state index in [1.54, 1.807) is 50.3 Å². The molecule has 0 bridgehead atoms. The number of benzene rings is 2. The predicted molar refractivity (Wildman–Crippen MR) is 133 cm³/mol. The molecular formula is C26H21ClN2O4S. The number of hydrogen-bond acceptors (Lipinski definition) is 6. The van der Waals surface area contributed by atoms with Crippen LogP contribution in [0.25, 0.3) is 6.08 Å². The number of halogens is 1. The topological polar surface area (TPSA) is 69.9 Å². The van der Waals surface area contributed by atoms with Gasteiger partial charge in [0.15, 0.2) is 4.80 Å². The summed E-state index contributed by atoms with van der Waals surface area (Å²) < 4.78 is 12.8. The highest BCUT2D eigenvalue weighted by molar-refractivity contribution is 7.07. The van der Waals surface area contributed by atoms with Gasteiger partial charge in [-0.1, -0.05) is 59.2 Å². The molecule has 2 aromatic carbocycles. The molecule has 0 spiro atoms. The Hall–Kier alpha value is -3.60. The van der Waals surface area contributed by atoms with E-state index in [0.717, 1.165) is 5.56 Å². The summed E-state index contributed by atoms with van der Waals surface area (Å²) in [6, 6.07) is 13.7. The zero-order valence-electron chi connectivity index (χ0n) is 18.6. The molecule has 2 heterocycles. The summed E-state index contributed by atoms with van der Waals surface area (Å²) in [5, 5.41) is 0.442. The van der Waals surface area contributed by atoms with E-state index in [2.05, 4.69) is 10.9 Å². The molecule has 3 aromatic rings. The molecule has 172 valence electrons. The summed E-state index contributed by atoms with van der Waals surface area (Å²) in [5.74, 6) is 2.51. The lowest BCUT2D eigenvalue weighted by molar-refractivity contribution is -0.139. The third kappa shape index (κ3) is 4.56. The van der Waals surface area contributed by atoms with Crippen LogP contribution in [0.4, 0.5) is 0 Å². The van der Waals surface area contributed by atoms with Crippen LogP contribution in [0.15, 0.2) is 69.6 Å². The van der Waals surface area contributed by atoms with Gasteiger partial charge in [-0.2, -0.15) is 0 Å². The molecule has 6 nitrogen and oxygen atoms in total. The average Bonchev–Trinajstić information content (AvgIpc) is 3.12. The fourth-order valence-corrected chi connectivity index (χ4v) is 5.04. The minimum Gasteiger partial charge on any atom is -0.481 e. The van der Waals surface area contributed by atoms with Crippen LogP contribution in [0.2, 0.25) is 5.02 Å². The molecule has 1 atom stereocenters. The number of carbonyl (C=O) groups is 1. The molecule has 0 unspecified atom stereocenters. The molecule has 0 N–H and O–H groups in total. The summed E-state index contributed by atoms with van der Waals surface area (Å²) in [7, 11) is 0. The van der Waals surface area contributed by atoms with Crippen LogP contribution in [0, 0.1) is 12.3 Å². The number of allylic oxidation sites excluding steroid dienone is 1. The summed E-state index contributed by atoms with van der Waals surface area (Å²) in [5.41, 5.74) is 1.90. The van der Waals surface area contributed by atoms with Crippen molar-refractivity contribution < 1.29 is 14.3 Å². The number of esters is 1. The second-order valence-corrected chi connectivity index (χ2v) is 8.81. The van der Waals surface area contributed by atoms with Gasteiger partial charge < -0.3 is 9.47 Å². The molecule has 0 fully saturated rings. The number of rotatable bonds is 6. The van der Waals surface area contributed by atoms with Crippen molar-refractivity contribution in [1.29, 1.82) is 0 Å². The Morgan fingerprint density at radius 3 is 2.82 bits per heavy atom. The molecule has 34 heavy (non-hydrogen) atoms. The van der Waals surface area contributed by atoms with Gasteiger partial charge in [0, 0.05) is 5.02 Å². The van der Waals surface area contributed by atoms with E-state index in [4.69, 9.17) is 27.5 Å². The largest absolute Gasteiger partial charge is 0.481 e. The second-order valence-electron chi connectivity index (χ2n) is 7.39. The number of thiazole rings is 1. The van der Waals surface area contributed by atoms with Crippen molar-refractivity contribution in [2.24, 2.45) is 4.99 Å². The summed E-state index contributed by atoms with van der Waals surface area (Å²) in [4.78, 5) is 31.6. The van der Waals surface area contributed by atoms with Gasteiger partial charge in [-0.25, -0.2) is 9.79 Å². The fourth-order valence-electron chi connectivity index (χ4n) is 3.75. The first-order chi connectivity index (χ1) is 16.4. The Balaban J connectivity index is 1.91. The molecule has 0 aliphatic carbocycles. The Morgan fingerprint density at radius 2 is 2.09 bits per heavy atom. The minimum absolute atomic E-state index is 0.152. The lowest BCUT2D eigenvalue weighted by Gasteiger charge is -2.25. The van der Waals surface area contributed by atoms with Crippen molar-refractivity contribution in [3.05, 3.63) is 95.6 Å². The maximum absolute atomic E-state index is 13.6. The number of aromatic nitrogens is 1. The maximum Gasteiger partial charge on any atom is 0.338 e. The van der Waals surface area contributed by atoms with Crippen LogP contribution < -0.4 is 19.6 Å². The summed E-state index contributed by atoms with van der Waals surface area (Å²) in [6.07, 6.45) is 7.03. The Labute approximate surface area is 205 Å². The molecule has 1 aliphatic rings. The van der Waals surface area contributed by atoms with Crippen molar-refractivity contribution in [3.8, 4) is 18.1 Å². The highest BCUT2D eigenvalue weighted by atomic mass is 35.5. The quantitative estimate of drug-likeness (QED) is 0.390. The lowest BCUT2D eigenvalue weighted by Crippen LogP contribution is -2.40. The number of carbonyl (C=O) groups excluding carboxylic acids is 1. The first kappa shape index (κ1) is 23.6. The number of ether oxygens (including phenoxy) is 2. The molecule has 1 aliphatic heterocycles. The van der Waals surface area contributed by atoms with Crippen LogP contribution >= 0.6 is 22.9 Å². The van der Waals surface area contributed by atoms with Gasteiger partial charge in [-0.05, 0) is 49.2 Å². The van der Waals surface area contributed by atoms with E-state index in [-0.39, 0.29) is 18.8 Å². The Morgan fingerprint density at radius 1 is 1.29 bits per heavy atom. The third-order valence-corrected chi connectivity index (χ3v) is 6.52. The average molecular weight is 493 g/mol. The van der Waals surface area contributed by atoms with Crippen molar-refractivity contribution in [2.45, 2.75) is 19.9 Å². The molecule has 0 saturated carbocycles. The maximum atomic E-state index is 13.6. The van der Waals surface area contributed by atoms with Gasteiger partial charge in [0.05, 0.1) is 22.4 Å². The van der Waals surface area contributed by atoms with Crippen LogP contribution in [0.1, 0.15) is 31.0 Å². The monoisotopic (exact) mass is 492 g/mol. The van der Waals surface area contributed by atoms with Crippen LogP contribution in [-0.4, -0.2) is 23.8 Å². The van der Waals surface area contributed by atoms with Crippen molar-refractivity contribution in [2.75, 3.05) is 13.2 Å². The van der Waals surface area contributed by atoms with E-state index in [1.165, 1.54) is 15.9 Å². The van der Waals surface area contributed by atoms with Crippen molar-refractivity contribution in [3.63, 3.8) is 0 Å². The van der Waals surface area contributed by atoms with Gasteiger partial charge in [-0.15, -0.1) is 6.42 Å². The molecule has 0 radical (unpaired) electrons. The fraction of sp³-hybridized carbons (Fsp3) is 0.192. The van der Waals surface area contributed by atoms with E-state index in [0.29, 0.717) is 36.9 Å². The smallest absolute Gasteiger partial charge is 0.338 e.